The van der Waals surface area contributed by atoms with Crippen molar-refractivity contribution in [3.8, 4) is 0 Å². The third-order valence-electron chi connectivity index (χ3n) is 10.0. The maximum atomic E-state index is 13.6. The molecule has 34 heavy (non-hydrogen) atoms. The highest BCUT2D eigenvalue weighted by atomic mass is 35.5. The van der Waals surface area contributed by atoms with Gasteiger partial charge in [-0.25, -0.2) is 4.98 Å². The molecule has 3 N–H and O–H groups in total. The number of rotatable bonds is 5. The van der Waals surface area contributed by atoms with Gasteiger partial charge >= 0.3 is 0 Å². The first-order valence-corrected chi connectivity index (χ1v) is 13.2. The topological polar surface area (TPSA) is 91.6 Å². The average molecular weight is 486 g/mol. The number of fused-ring (bicyclic) bond motifs is 1. The summed E-state index contributed by atoms with van der Waals surface area (Å²) in [5.74, 6) is 2.50. The standard InChI is InChI=1S/C26H36ClN5O2/c1-25(2,32-13-18-11-31(12-19(18)14-32)20-3-4-21(27)29-10-20)24(34)30-22-16-5-15-6-17(22)9-26(7-15,8-16)23(28)33/h3-4,10,15-19,22H,5-9,11-14H2,1-2H3,(H2,28,33)(H,30,34). The van der Waals surface area contributed by atoms with Crippen molar-refractivity contribution in [3.05, 3.63) is 23.5 Å². The van der Waals surface area contributed by atoms with Gasteiger partial charge in [0.25, 0.3) is 0 Å². The van der Waals surface area contributed by atoms with Crippen LogP contribution in [0.1, 0.15) is 46.0 Å². The van der Waals surface area contributed by atoms with E-state index in [9.17, 15) is 9.59 Å². The number of carbonyl (C=O) groups excluding carboxylic acids is 2. The SMILES string of the molecule is CC(C)(C(=O)NC1C2CC3CC1CC(C(N)=O)(C3)C2)N1CC2CN(c3ccc(Cl)nc3)CC2C1. The predicted octanol–water partition coefficient (Wildman–Crippen LogP) is 2.68. The van der Waals surface area contributed by atoms with Crippen LogP contribution in [0.3, 0.4) is 0 Å². The van der Waals surface area contributed by atoms with E-state index in [0.29, 0.717) is 34.7 Å². The maximum Gasteiger partial charge on any atom is 0.240 e. The first-order valence-electron chi connectivity index (χ1n) is 12.9. The van der Waals surface area contributed by atoms with E-state index in [-0.39, 0.29) is 23.3 Å². The smallest absolute Gasteiger partial charge is 0.240 e. The molecule has 4 saturated carbocycles. The second kappa shape index (κ2) is 7.82. The fourth-order valence-corrected chi connectivity index (χ4v) is 8.36. The highest BCUT2D eigenvalue weighted by Crippen LogP contribution is 2.60. The Morgan fingerprint density at radius 2 is 1.71 bits per heavy atom. The minimum absolute atomic E-state index is 0.121. The average Bonchev–Trinajstić information content (AvgIpc) is 3.36. The van der Waals surface area contributed by atoms with E-state index in [4.69, 9.17) is 17.3 Å². The molecule has 4 aliphatic carbocycles. The predicted molar refractivity (Wildman–Crippen MR) is 131 cm³/mol. The van der Waals surface area contributed by atoms with Crippen molar-refractivity contribution in [3.63, 3.8) is 0 Å². The van der Waals surface area contributed by atoms with E-state index in [0.717, 1.165) is 64.0 Å². The lowest BCUT2D eigenvalue weighted by Crippen LogP contribution is -2.65. The number of nitrogens with two attached hydrogens (primary N) is 1. The number of hydrogen-bond donors (Lipinski definition) is 2. The summed E-state index contributed by atoms with van der Waals surface area (Å²) < 4.78 is 0. The molecule has 1 aromatic rings. The van der Waals surface area contributed by atoms with Crippen molar-refractivity contribution in [2.24, 2.45) is 40.7 Å². The zero-order valence-electron chi connectivity index (χ0n) is 20.2. The number of primary amides is 1. The molecule has 1 aromatic heterocycles. The molecule has 4 unspecified atom stereocenters. The van der Waals surface area contributed by atoms with Crippen molar-refractivity contribution in [2.45, 2.75) is 57.5 Å². The molecule has 4 bridgehead atoms. The van der Waals surface area contributed by atoms with E-state index in [2.05, 4.69) is 33.9 Å². The van der Waals surface area contributed by atoms with Crippen LogP contribution >= 0.6 is 11.6 Å². The van der Waals surface area contributed by atoms with Gasteiger partial charge in [-0.15, -0.1) is 0 Å². The monoisotopic (exact) mass is 485 g/mol. The number of aromatic nitrogens is 1. The van der Waals surface area contributed by atoms with Crippen LogP contribution in [-0.4, -0.2) is 59.5 Å². The fraction of sp³-hybridized carbons (Fsp3) is 0.731. The Hall–Kier alpha value is -1.86. The number of hydrogen-bond acceptors (Lipinski definition) is 5. The summed E-state index contributed by atoms with van der Waals surface area (Å²) in [5, 5.41) is 4.00. The van der Waals surface area contributed by atoms with Gasteiger partial charge in [-0.2, -0.15) is 0 Å². The molecule has 6 fully saturated rings. The molecule has 2 amide bonds. The zero-order chi connectivity index (χ0) is 23.8. The molecule has 0 aromatic carbocycles. The van der Waals surface area contributed by atoms with Crippen molar-refractivity contribution in [2.75, 3.05) is 31.1 Å². The molecule has 7 rings (SSSR count). The van der Waals surface area contributed by atoms with Gasteiger partial charge in [-0.05, 0) is 87.7 Å². The minimum atomic E-state index is -0.549. The van der Waals surface area contributed by atoms with Gasteiger partial charge in [0.1, 0.15) is 5.15 Å². The molecule has 2 saturated heterocycles. The molecule has 2 aliphatic heterocycles. The number of pyridine rings is 1. The molecule has 7 nitrogen and oxygen atoms in total. The normalized spacial score (nSPS) is 38.9. The summed E-state index contributed by atoms with van der Waals surface area (Å²) >= 11 is 5.95. The quantitative estimate of drug-likeness (QED) is 0.625. The van der Waals surface area contributed by atoms with Crippen LogP contribution in [0.25, 0.3) is 0 Å². The van der Waals surface area contributed by atoms with Crippen molar-refractivity contribution < 1.29 is 9.59 Å². The Bertz CT molecular complexity index is 967. The summed E-state index contributed by atoms with van der Waals surface area (Å²) in [6.07, 6.45) is 6.77. The molecule has 0 radical (unpaired) electrons. The summed E-state index contributed by atoms with van der Waals surface area (Å²) in [5.41, 5.74) is 6.10. The third-order valence-corrected chi connectivity index (χ3v) is 10.2. The number of likely N-dealkylation sites (tertiary alicyclic amines) is 1. The molecule has 0 spiro atoms. The number of nitrogens with one attached hydrogen (secondary N) is 1. The lowest BCUT2D eigenvalue weighted by molar-refractivity contribution is -0.149. The number of halogens is 1. The van der Waals surface area contributed by atoms with E-state index >= 15 is 0 Å². The Morgan fingerprint density at radius 1 is 1.06 bits per heavy atom. The van der Waals surface area contributed by atoms with Crippen molar-refractivity contribution in [1.82, 2.24) is 15.2 Å². The van der Waals surface area contributed by atoms with Crippen LogP contribution in [0, 0.1) is 35.0 Å². The molecule has 184 valence electrons. The van der Waals surface area contributed by atoms with Crippen LogP contribution in [0.4, 0.5) is 5.69 Å². The summed E-state index contributed by atoms with van der Waals surface area (Å²) in [6, 6.07) is 4.07. The Balaban J connectivity index is 1.09. The fourth-order valence-electron chi connectivity index (χ4n) is 8.25. The lowest BCUT2D eigenvalue weighted by Gasteiger charge is -2.59. The molecular formula is C26H36ClN5O2. The Kier molecular flexibility index (Phi) is 5.20. The minimum Gasteiger partial charge on any atom is -0.370 e. The molecule has 4 atom stereocenters. The second-order valence-electron chi connectivity index (χ2n) is 12.3. The van der Waals surface area contributed by atoms with Gasteiger partial charge in [0, 0.05) is 37.6 Å². The summed E-state index contributed by atoms with van der Waals surface area (Å²) in [6.45, 7) is 8.01. The number of amides is 2. The van der Waals surface area contributed by atoms with Crippen LogP contribution in [0.15, 0.2) is 18.3 Å². The second-order valence-corrected chi connectivity index (χ2v) is 12.7. The van der Waals surface area contributed by atoms with E-state index in [1.54, 1.807) is 0 Å². The van der Waals surface area contributed by atoms with E-state index < -0.39 is 5.54 Å². The number of anilines is 1. The van der Waals surface area contributed by atoms with Gasteiger partial charge in [0.05, 0.1) is 17.4 Å². The molecular weight excluding hydrogens is 450 g/mol. The molecule has 6 aliphatic rings. The van der Waals surface area contributed by atoms with Crippen LogP contribution in [-0.2, 0) is 9.59 Å². The number of carbonyl (C=O) groups is 2. The molecule has 8 heteroatoms. The van der Waals surface area contributed by atoms with E-state index in [1.807, 2.05) is 18.3 Å². The highest BCUT2D eigenvalue weighted by Gasteiger charge is 2.58. The van der Waals surface area contributed by atoms with E-state index in [1.165, 1.54) is 0 Å². The largest absolute Gasteiger partial charge is 0.370 e. The maximum absolute atomic E-state index is 13.6. The van der Waals surface area contributed by atoms with Gasteiger partial charge in [-0.3, -0.25) is 14.5 Å². The van der Waals surface area contributed by atoms with Gasteiger partial charge < -0.3 is 16.0 Å². The van der Waals surface area contributed by atoms with Crippen LogP contribution in [0.2, 0.25) is 5.15 Å². The van der Waals surface area contributed by atoms with Gasteiger partial charge in [0.15, 0.2) is 0 Å². The van der Waals surface area contributed by atoms with Crippen LogP contribution in [0.5, 0.6) is 0 Å². The summed E-state index contributed by atoms with van der Waals surface area (Å²) in [4.78, 5) is 34.9. The zero-order valence-corrected chi connectivity index (χ0v) is 20.9. The third kappa shape index (κ3) is 3.53. The lowest BCUT2D eigenvalue weighted by atomic mass is 9.47. The van der Waals surface area contributed by atoms with Crippen molar-refractivity contribution >= 4 is 29.1 Å². The first-order chi connectivity index (χ1) is 16.1. The summed E-state index contributed by atoms with van der Waals surface area (Å²) in [7, 11) is 0. The first kappa shape index (κ1) is 22.6. The highest BCUT2D eigenvalue weighted by molar-refractivity contribution is 6.29. The van der Waals surface area contributed by atoms with Crippen molar-refractivity contribution in [1.29, 1.82) is 0 Å². The Morgan fingerprint density at radius 3 is 2.26 bits per heavy atom. The molecule has 3 heterocycles. The van der Waals surface area contributed by atoms with Gasteiger partial charge in [-0.1, -0.05) is 11.6 Å². The Labute approximate surface area is 206 Å². The van der Waals surface area contributed by atoms with Crippen LogP contribution < -0.4 is 16.0 Å². The number of nitrogens with zero attached hydrogens (tertiary/aromatic N) is 3. The van der Waals surface area contributed by atoms with Gasteiger partial charge in [0.2, 0.25) is 11.8 Å².